The van der Waals surface area contributed by atoms with Crippen molar-refractivity contribution in [2.24, 2.45) is 7.05 Å². The highest BCUT2D eigenvalue weighted by atomic mass is 35.5. The molecule has 0 bridgehead atoms. The third-order valence-electron chi connectivity index (χ3n) is 4.16. The molecule has 0 N–H and O–H groups in total. The molecular weight excluding hydrogens is 274 g/mol. The first-order chi connectivity index (χ1) is 9.74. The van der Waals surface area contributed by atoms with Gasteiger partial charge in [-0.2, -0.15) is 5.10 Å². The van der Waals surface area contributed by atoms with Crippen LogP contribution in [0.5, 0.6) is 0 Å². The molecule has 1 aliphatic rings. The van der Waals surface area contributed by atoms with E-state index in [0.717, 1.165) is 42.2 Å². The van der Waals surface area contributed by atoms with Gasteiger partial charge < -0.3 is 9.47 Å². The van der Waals surface area contributed by atoms with Crippen molar-refractivity contribution in [1.29, 1.82) is 0 Å². The lowest BCUT2D eigenvalue weighted by Gasteiger charge is -2.16. The van der Waals surface area contributed by atoms with Gasteiger partial charge in [-0.25, -0.2) is 4.98 Å². The maximum absolute atomic E-state index is 6.08. The Bertz CT molecular complexity index is 594. The van der Waals surface area contributed by atoms with Crippen molar-refractivity contribution in [2.75, 3.05) is 19.6 Å². The van der Waals surface area contributed by atoms with Crippen molar-refractivity contribution in [1.82, 2.24) is 24.2 Å². The quantitative estimate of drug-likeness (QED) is 0.794. The molecule has 0 atom stereocenters. The molecule has 0 spiro atoms. The fourth-order valence-electron chi connectivity index (χ4n) is 3.11. The van der Waals surface area contributed by atoms with E-state index in [4.69, 9.17) is 16.6 Å². The zero-order valence-corrected chi connectivity index (χ0v) is 13.0. The van der Waals surface area contributed by atoms with Crippen molar-refractivity contribution in [3.05, 3.63) is 11.5 Å². The highest BCUT2D eigenvalue weighted by molar-refractivity contribution is 6.16. The van der Waals surface area contributed by atoms with Crippen LogP contribution in [0.2, 0.25) is 0 Å². The lowest BCUT2D eigenvalue weighted by Crippen LogP contribution is -2.25. The fourth-order valence-corrected chi connectivity index (χ4v) is 3.31. The van der Waals surface area contributed by atoms with Crippen LogP contribution in [0.25, 0.3) is 11.2 Å². The molecule has 0 aromatic carbocycles. The molecule has 0 amide bonds. The van der Waals surface area contributed by atoms with E-state index >= 15 is 0 Å². The van der Waals surface area contributed by atoms with Crippen LogP contribution in [-0.2, 0) is 25.9 Å². The maximum Gasteiger partial charge on any atom is 0.158 e. The summed E-state index contributed by atoms with van der Waals surface area (Å²) in [4.78, 5) is 7.21. The standard InChI is InChI=1S/C14H22ClN5/c1-3-11-13-14(18(2)17-11)20(12(10-15)16-13)9-8-19-6-4-5-7-19/h3-10H2,1-2H3. The second-order valence-electron chi connectivity index (χ2n) is 5.46. The molecule has 110 valence electrons. The second kappa shape index (κ2) is 5.74. The van der Waals surface area contributed by atoms with E-state index in [1.807, 2.05) is 11.7 Å². The summed E-state index contributed by atoms with van der Waals surface area (Å²) in [6, 6.07) is 0. The van der Waals surface area contributed by atoms with E-state index in [1.54, 1.807) is 0 Å². The average molecular weight is 296 g/mol. The van der Waals surface area contributed by atoms with Gasteiger partial charge >= 0.3 is 0 Å². The molecule has 0 radical (unpaired) electrons. The monoisotopic (exact) mass is 295 g/mol. The number of halogens is 1. The highest BCUT2D eigenvalue weighted by Crippen LogP contribution is 2.21. The summed E-state index contributed by atoms with van der Waals surface area (Å²) < 4.78 is 4.19. The van der Waals surface area contributed by atoms with Crippen LogP contribution in [0.15, 0.2) is 0 Å². The van der Waals surface area contributed by atoms with Crippen LogP contribution in [-0.4, -0.2) is 43.9 Å². The number of hydrogen-bond donors (Lipinski definition) is 0. The van der Waals surface area contributed by atoms with Gasteiger partial charge in [0, 0.05) is 20.1 Å². The predicted octanol–water partition coefficient (Wildman–Crippen LogP) is 2.17. The van der Waals surface area contributed by atoms with Crippen molar-refractivity contribution < 1.29 is 0 Å². The number of fused-ring (bicyclic) bond motifs is 1. The number of alkyl halides is 1. The molecular formula is C14H22ClN5. The lowest BCUT2D eigenvalue weighted by atomic mass is 10.3. The molecule has 5 nitrogen and oxygen atoms in total. The van der Waals surface area contributed by atoms with Crippen LogP contribution in [0.1, 0.15) is 31.3 Å². The zero-order chi connectivity index (χ0) is 14.1. The van der Waals surface area contributed by atoms with Gasteiger partial charge in [-0.05, 0) is 32.4 Å². The molecule has 6 heteroatoms. The van der Waals surface area contributed by atoms with E-state index in [1.165, 1.54) is 25.9 Å². The van der Waals surface area contributed by atoms with Crippen LogP contribution in [0.4, 0.5) is 0 Å². The molecule has 0 aliphatic carbocycles. The third-order valence-corrected chi connectivity index (χ3v) is 4.40. The van der Waals surface area contributed by atoms with Crippen molar-refractivity contribution >= 4 is 22.8 Å². The summed E-state index contributed by atoms with van der Waals surface area (Å²) in [5.41, 5.74) is 3.19. The lowest BCUT2D eigenvalue weighted by molar-refractivity contribution is 0.322. The molecule has 1 fully saturated rings. The van der Waals surface area contributed by atoms with Crippen LogP contribution < -0.4 is 0 Å². The summed E-state index contributed by atoms with van der Waals surface area (Å²) in [7, 11) is 1.99. The number of likely N-dealkylation sites (tertiary alicyclic amines) is 1. The Morgan fingerprint density at radius 1 is 1.20 bits per heavy atom. The summed E-state index contributed by atoms with van der Waals surface area (Å²) >= 11 is 6.08. The molecule has 2 aromatic heterocycles. The third kappa shape index (κ3) is 2.33. The van der Waals surface area contributed by atoms with E-state index in [0.29, 0.717) is 5.88 Å². The zero-order valence-electron chi connectivity index (χ0n) is 12.3. The Hall–Kier alpha value is -1.07. The van der Waals surface area contributed by atoms with Crippen LogP contribution >= 0.6 is 11.6 Å². The van der Waals surface area contributed by atoms with E-state index in [9.17, 15) is 0 Å². The average Bonchev–Trinajstić information content (AvgIpc) is 3.13. The van der Waals surface area contributed by atoms with E-state index in [2.05, 4.69) is 21.5 Å². The Balaban J connectivity index is 1.92. The smallest absolute Gasteiger partial charge is 0.158 e. The number of hydrogen-bond acceptors (Lipinski definition) is 3. The van der Waals surface area contributed by atoms with Gasteiger partial charge in [0.2, 0.25) is 0 Å². The van der Waals surface area contributed by atoms with Gasteiger partial charge in [-0.1, -0.05) is 6.92 Å². The molecule has 1 aliphatic heterocycles. The number of aryl methyl sites for hydroxylation is 2. The number of nitrogens with zero attached hydrogens (tertiary/aromatic N) is 5. The Labute approximate surface area is 124 Å². The number of imidazole rings is 1. The summed E-state index contributed by atoms with van der Waals surface area (Å²) in [6.07, 6.45) is 3.56. The van der Waals surface area contributed by atoms with Crippen molar-refractivity contribution in [3.63, 3.8) is 0 Å². The van der Waals surface area contributed by atoms with E-state index in [-0.39, 0.29) is 0 Å². The SMILES string of the molecule is CCc1nn(C)c2c1nc(CCl)n2CCN1CCCC1. The maximum atomic E-state index is 6.08. The van der Waals surface area contributed by atoms with Crippen LogP contribution in [0, 0.1) is 0 Å². The Morgan fingerprint density at radius 3 is 2.60 bits per heavy atom. The second-order valence-corrected chi connectivity index (χ2v) is 5.73. The molecule has 1 saturated heterocycles. The van der Waals surface area contributed by atoms with Gasteiger partial charge in [0.25, 0.3) is 0 Å². The Kier molecular flexibility index (Phi) is 3.98. The van der Waals surface area contributed by atoms with Crippen molar-refractivity contribution in [3.8, 4) is 0 Å². The van der Waals surface area contributed by atoms with Gasteiger partial charge in [0.15, 0.2) is 5.65 Å². The predicted molar refractivity (Wildman–Crippen MR) is 81.1 cm³/mol. The minimum atomic E-state index is 0.456. The molecule has 0 saturated carbocycles. The first-order valence-corrected chi connectivity index (χ1v) is 7.97. The molecule has 0 unspecified atom stereocenters. The first kappa shape index (κ1) is 13.9. The summed E-state index contributed by atoms with van der Waals surface area (Å²) in [5.74, 6) is 1.42. The number of aromatic nitrogens is 4. The Morgan fingerprint density at radius 2 is 1.95 bits per heavy atom. The minimum absolute atomic E-state index is 0.456. The molecule has 3 heterocycles. The van der Waals surface area contributed by atoms with Crippen molar-refractivity contribution in [2.45, 2.75) is 38.6 Å². The number of rotatable bonds is 5. The summed E-state index contributed by atoms with van der Waals surface area (Å²) in [6.45, 7) is 6.58. The highest BCUT2D eigenvalue weighted by Gasteiger charge is 2.19. The van der Waals surface area contributed by atoms with Gasteiger partial charge in [-0.15, -0.1) is 11.6 Å². The van der Waals surface area contributed by atoms with Gasteiger partial charge in [0.05, 0.1) is 11.6 Å². The van der Waals surface area contributed by atoms with Gasteiger partial charge in [0.1, 0.15) is 11.3 Å². The topological polar surface area (TPSA) is 38.9 Å². The molecule has 2 aromatic rings. The normalized spacial score (nSPS) is 16.6. The fraction of sp³-hybridized carbons (Fsp3) is 0.714. The minimum Gasteiger partial charge on any atom is -0.311 e. The van der Waals surface area contributed by atoms with E-state index < -0.39 is 0 Å². The largest absolute Gasteiger partial charge is 0.311 e. The first-order valence-electron chi connectivity index (χ1n) is 7.44. The van der Waals surface area contributed by atoms with Gasteiger partial charge in [-0.3, -0.25) is 4.68 Å². The molecule has 3 rings (SSSR count). The molecule has 20 heavy (non-hydrogen) atoms. The summed E-state index contributed by atoms with van der Waals surface area (Å²) in [5, 5.41) is 4.56. The van der Waals surface area contributed by atoms with Crippen LogP contribution in [0.3, 0.4) is 0 Å².